The van der Waals surface area contributed by atoms with E-state index in [0.29, 0.717) is 5.54 Å². The average molecular weight is 183 g/mol. The predicted octanol–water partition coefficient (Wildman–Crippen LogP) is 3.49. The minimum absolute atomic E-state index is 0.342. The van der Waals surface area contributed by atoms with E-state index in [9.17, 15) is 0 Å². The van der Waals surface area contributed by atoms with Crippen molar-refractivity contribution in [1.82, 2.24) is 5.32 Å². The monoisotopic (exact) mass is 183 g/mol. The van der Waals surface area contributed by atoms with Crippen molar-refractivity contribution in [2.24, 2.45) is 0 Å². The van der Waals surface area contributed by atoms with Crippen LogP contribution in [0.25, 0.3) is 0 Å². The van der Waals surface area contributed by atoms with Gasteiger partial charge in [-0.25, -0.2) is 0 Å². The van der Waals surface area contributed by atoms with Crippen LogP contribution in [0, 0.1) is 0 Å². The Hall–Kier alpha value is -0.0400. The molecule has 0 saturated heterocycles. The number of rotatable bonds is 3. The third-order valence-corrected chi connectivity index (χ3v) is 3.33. The summed E-state index contributed by atoms with van der Waals surface area (Å²) in [5, 5.41) is 3.78. The highest BCUT2D eigenvalue weighted by Crippen LogP contribution is 2.20. The zero-order valence-electron chi connectivity index (χ0n) is 9.53. The first-order chi connectivity index (χ1) is 6.14. The molecule has 1 nitrogen and oxygen atoms in total. The molecule has 1 fully saturated rings. The van der Waals surface area contributed by atoms with Gasteiger partial charge in [-0.1, -0.05) is 32.6 Å². The van der Waals surface area contributed by atoms with Gasteiger partial charge in [0.15, 0.2) is 0 Å². The quantitative estimate of drug-likeness (QED) is 0.660. The molecule has 1 heteroatoms. The lowest BCUT2D eigenvalue weighted by Crippen LogP contribution is -2.45. The van der Waals surface area contributed by atoms with Crippen molar-refractivity contribution >= 4 is 0 Å². The molecule has 1 aliphatic rings. The topological polar surface area (TPSA) is 12.0 Å². The molecule has 0 aromatic heterocycles. The summed E-state index contributed by atoms with van der Waals surface area (Å²) in [7, 11) is 0. The summed E-state index contributed by atoms with van der Waals surface area (Å²) in [5.41, 5.74) is 0.342. The lowest BCUT2D eigenvalue weighted by atomic mass is 9.98. The van der Waals surface area contributed by atoms with Crippen molar-refractivity contribution in [3.05, 3.63) is 0 Å². The number of hydrogen-bond donors (Lipinski definition) is 1. The van der Waals surface area contributed by atoms with Crippen molar-refractivity contribution < 1.29 is 0 Å². The Labute approximate surface area is 83.3 Å². The minimum Gasteiger partial charge on any atom is -0.309 e. The molecule has 0 heterocycles. The van der Waals surface area contributed by atoms with Crippen LogP contribution < -0.4 is 5.32 Å². The van der Waals surface area contributed by atoms with E-state index in [0.717, 1.165) is 6.04 Å². The molecule has 0 spiro atoms. The maximum Gasteiger partial charge on any atom is 0.0125 e. The highest BCUT2D eigenvalue weighted by atomic mass is 15.0. The second-order valence-corrected chi connectivity index (χ2v) is 5.07. The molecule has 0 atom stereocenters. The van der Waals surface area contributed by atoms with Crippen molar-refractivity contribution in [2.75, 3.05) is 0 Å². The lowest BCUT2D eigenvalue weighted by Gasteiger charge is -2.30. The van der Waals surface area contributed by atoms with E-state index in [-0.39, 0.29) is 0 Å². The molecule has 78 valence electrons. The van der Waals surface area contributed by atoms with E-state index >= 15 is 0 Å². The van der Waals surface area contributed by atoms with Crippen LogP contribution in [-0.2, 0) is 0 Å². The van der Waals surface area contributed by atoms with Crippen LogP contribution in [0.1, 0.15) is 65.7 Å². The molecule has 1 saturated carbocycles. The van der Waals surface area contributed by atoms with E-state index in [2.05, 4.69) is 26.1 Å². The maximum atomic E-state index is 3.78. The summed E-state index contributed by atoms with van der Waals surface area (Å²) >= 11 is 0. The first-order valence-corrected chi connectivity index (χ1v) is 5.92. The lowest BCUT2D eigenvalue weighted by molar-refractivity contribution is 0.305. The van der Waals surface area contributed by atoms with E-state index < -0.39 is 0 Å². The van der Waals surface area contributed by atoms with Gasteiger partial charge in [-0.2, -0.15) is 0 Å². The van der Waals surface area contributed by atoms with Crippen LogP contribution in [-0.4, -0.2) is 11.6 Å². The first kappa shape index (κ1) is 11.0. The molecular formula is C12H25N. The standard InChI is InChI=1S/C12H25N/c1-4-12(2,3)13-11-9-7-5-6-8-10-11/h11,13H,4-10H2,1-3H3. The van der Waals surface area contributed by atoms with Crippen LogP contribution >= 0.6 is 0 Å². The van der Waals surface area contributed by atoms with Gasteiger partial charge in [0.05, 0.1) is 0 Å². The van der Waals surface area contributed by atoms with Crippen LogP contribution in [0.2, 0.25) is 0 Å². The smallest absolute Gasteiger partial charge is 0.0125 e. The minimum atomic E-state index is 0.342. The maximum absolute atomic E-state index is 3.78. The largest absolute Gasteiger partial charge is 0.309 e. The van der Waals surface area contributed by atoms with Gasteiger partial charge in [-0.05, 0) is 33.1 Å². The van der Waals surface area contributed by atoms with Crippen molar-refractivity contribution in [1.29, 1.82) is 0 Å². The molecule has 0 bridgehead atoms. The summed E-state index contributed by atoms with van der Waals surface area (Å²) in [6, 6.07) is 0.789. The molecule has 13 heavy (non-hydrogen) atoms. The van der Waals surface area contributed by atoms with Gasteiger partial charge < -0.3 is 5.32 Å². The molecule has 0 aliphatic heterocycles. The third-order valence-electron chi connectivity index (χ3n) is 3.33. The molecule has 0 unspecified atom stereocenters. The van der Waals surface area contributed by atoms with E-state index in [1.54, 1.807) is 0 Å². The first-order valence-electron chi connectivity index (χ1n) is 5.92. The van der Waals surface area contributed by atoms with E-state index in [4.69, 9.17) is 0 Å². The predicted molar refractivity (Wildman–Crippen MR) is 59.0 cm³/mol. The third kappa shape index (κ3) is 4.12. The van der Waals surface area contributed by atoms with Crippen molar-refractivity contribution in [3.8, 4) is 0 Å². The Morgan fingerprint density at radius 3 is 2.08 bits per heavy atom. The molecular weight excluding hydrogens is 158 g/mol. The highest BCUT2D eigenvalue weighted by Gasteiger charge is 2.20. The molecule has 0 aromatic carbocycles. The van der Waals surface area contributed by atoms with Gasteiger partial charge in [-0.15, -0.1) is 0 Å². The van der Waals surface area contributed by atoms with Gasteiger partial charge in [0.25, 0.3) is 0 Å². The Balaban J connectivity index is 2.33. The van der Waals surface area contributed by atoms with Gasteiger partial charge in [0.2, 0.25) is 0 Å². The molecule has 1 N–H and O–H groups in total. The second-order valence-electron chi connectivity index (χ2n) is 5.07. The fourth-order valence-electron chi connectivity index (χ4n) is 2.08. The fourth-order valence-corrected chi connectivity index (χ4v) is 2.08. The van der Waals surface area contributed by atoms with Crippen molar-refractivity contribution in [2.45, 2.75) is 77.3 Å². The summed E-state index contributed by atoms with van der Waals surface area (Å²) < 4.78 is 0. The second kappa shape index (κ2) is 4.99. The van der Waals surface area contributed by atoms with Crippen LogP contribution in [0.5, 0.6) is 0 Å². The summed E-state index contributed by atoms with van der Waals surface area (Å²) in [5.74, 6) is 0. The van der Waals surface area contributed by atoms with Crippen molar-refractivity contribution in [3.63, 3.8) is 0 Å². The Morgan fingerprint density at radius 1 is 1.08 bits per heavy atom. The average Bonchev–Trinajstić information content (AvgIpc) is 2.32. The van der Waals surface area contributed by atoms with Crippen LogP contribution in [0.4, 0.5) is 0 Å². The van der Waals surface area contributed by atoms with E-state index in [1.807, 2.05) is 0 Å². The number of nitrogens with one attached hydrogen (secondary N) is 1. The normalized spacial score (nSPS) is 21.5. The number of hydrogen-bond acceptors (Lipinski definition) is 1. The highest BCUT2D eigenvalue weighted by molar-refractivity contribution is 4.82. The molecule has 0 amide bonds. The van der Waals surface area contributed by atoms with Gasteiger partial charge in [0, 0.05) is 11.6 Å². The van der Waals surface area contributed by atoms with Gasteiger partial charge in [-0.3, -0.25) is 0 Å². The Kier molecular flexibility index (Phi) is 4.24. The summed E-state index contributed by atoms with van der Waals surface area (Å²) in [6.07, 6.45) is 9.76. The van der Waals surface area contributed by atoms with Gasteiger partial charge >= 0.3 is 0 Å². The SMILES string of the molecule is CCC(C)(C)NC1CCCCCC1. The zero-order valence-corrected chi connectivity index (χ0v) is 9.53. The van der Waals surface area contributed by atoms with Crippen LogP contribution in [0.15, 0.2) is 0 Å². The Morgan fingerprint density at radius 2 is 1.62 bits per heavy atom. The molecule has 1 aliphatic carbocycles. The summed E-state index contributed by atoms with van der Waals surface area (Å²) in [4.78, 5) is 0. The molecule has 0 radical (unpaired) electrons. The zero-order chi connectivity index (χ0) is 9.73. The fraction of sp³-hybridized carbons (Fsp3) is 1.00. The Bertz CT molecular complexity index is 132. The van der Waals surface area contributed by atoms with E-state index in [1.165, 1.54) is 44.9 Å². The summed E-state index contributed by atoms with van der Waals surface area (Å²) in [6.45, 7) is 6.90. The molecule has 1 rings (SSSR count). The van der Waals surface area contributed by atoms with Gasteiger partial charge in [0.1, 0.15) is 0 Å². The van der Waals surface area contributed by atoms with Crippen LogP contribution in [0.3, 0.4) is 0 Å². The molecule has 0 aromatic rings.